The van der Waals surface area contributed by atoms with Crippen LogP contribution in [-0.2, 0) is 14.2 Å². The van der Waals surface area contributed by atoms with Gasteiger partial charge in [-0.1, -0.05) is 42.5 Å². The summed E-state index contributed by atoms with van der Waals surface area (Å²) in [7, 11) is 1.51. The Kier molecular flexibility index (Phi) is 5.25. The predicted molar refractivity (Wildman–Crippen MR) is 88.5 cm³/mol. The summed E-state index contributed by atoms with van der Waals surface area (Å²) in [6, 6.07) is 17.2. The van der Waals surface area contributed by atoms with Gasteiger partial charge in [-0.05, 0) is 23.3 Å². The van der Waals surface area contributed by atoms with Gasteiger partial charge in [-0.3, -0.25) is 0 Å². The first-order valence-electron chi connectivity index (χ1n) is 7.86. The van der Waals surface area contributed by atoms with E-state index >= 15 is 0 Å². The molecule has 1 fully saturated rings. The highest BCUT2D eigenvalue weighted by Gasteiger charge is 2.34. The maximum Gasteiger partial charge on any atom is 0.338 e. The van der Waals surface area contributed by atoms with E-state index < -0.39 is 24.5 Å². The lowest BCUT2D eigenvalue weighted by Gasteiger charge is -2.14. The first kappa shape index (κ1) is 16.6. The van der Waals surface area contributed by atoms with Crippen molar-refractivity contribution in [2.45, 2.75) is 24.9 Å². The number of carbonyl (C=O) groups excluding carboxylic acids is 1. The maximum atomic E-state index is 12.1. The number of esters is 1. The lowest BCUT2D eigenvalue weighted by atomic mass is 10.0. The molecule has 1 unspecified atom stereocenters. The standard InChI is InChI=1S/C19H20O5/c1-22-18-11-16(20)17(24-18)12-23-19(21)15-9-7-14(8-10-15)13-5-3-2-4-6-13/h2-10,16-18,20H,11-12H2,1H3/t16-,17+,18?/m0/s1. The van der Waals surface area contributed by atoms with Crippen LogP contribution in [0.2, 0.25) is 0 Å². The summed E-state index contributed by atoms with van der Waals surface area (Å²) in [6.45, 7) is 0.000294. The van der Waals surface area contributed by atoms with Gasteiger partial charge >= 0.3 is 5.97 Å². The van der Waals surface area contributed by atoms with E-state index in [1.807, 2.05) is 42.5 Å². The minimum absolute atomic E-state index is 0.000294. The van der Waals surface area contributed by atoms with E-state index in [1.165, 1.54) is 7.11 Å². The Balaban J connectivity index is 1.58. The summed E-state index contributed by atoms with van der Waals surface area (Å²) in [4.78, 5) is 12.1. The molecule has 0 amide bonds. The van der Waals surface area contributed by atoms with Crippen molar-refractivity contribution < 1.29 is 24.1 Å². The normalized spacial score (nSPS) is 23.2. The second-order valence-electron chi connectivity index (χ2n) is 5.68. The zero-order chi connectivity index (χ0) is 16.9. The van der Waals surface area contributed by atoms with Crippen molar-refractivity contribution in [3.8, 4) is 11.1 Å². The fourth-order valence-electron chi connectivity index (χ4n) is 2.66. The SMILES string of the molecule is COC1C[C@H](O)[C@@H](COC(=O)c2ccc(-c3ccccc3)cc2)O1. The monoisotopic (exact) mass is 328 g/mol. The van der Waals surface area contributed by atoms with Crippen LogP contribution in [0.3, 0.4) is 0 Å². The molecule has 0 aromatic heterocycles. The summed E-state index contributed by atoms with van der Waals surface area (Å²) >= 11 is 0. The highest BCUT2D eigenvalue weighted by atomic mass is 16.7. The second kappa shape index (κ2) is 7.57. The summed E-state index contributed by atoms with van der Waals surface area (Å²) < 4.78 is 15.7. The first-order valence-corrected chi connectivity index (χ1v) is 7.86. The van der Waals surface area contributed by atoms with Crippen LogP contribution in [0, 0.1) is 0 Å². The Morgan fingerprint density at radius 2 is 1.79 bits per heavy atom. The number of benzene rings is 2. The highest BCUT2D eigenvalue weighted by molar-refractivity contribution is 5.90. The molecule has 0 aliphatic carbocycles. The molecule has 1 saturated heterocycles. The number of carbonyl (C=O) groups is 1. The number of rotatable bonds is 5. The van der Waals surface area contributed by atoms with Gasteiger partial charge in [0, 0.05) is 13.5 Å². The minimum Gasteiger partial charge on any atom is -0.459 e. The van der Waals surface area contributed by atoms with Gasteiger partial charge in [-0.25, -0.2) is 4.79 Å². The Morgan fingerprint density at radius 3 is 2.42 bits per heavy atom. The van der Waals surface area contributed by atoms with Gasteiger partial charge in [0.2, 0.25) is 0 Å². The number of aliphatic hydroxyl groups excluding tert-OH is 1. The molecule has 1 aliphatic heterocycles. The van der Waals surface area contributed by atoms with Crippen molar-refractivity contribution in [3.05, 3.63) is 60.2 Å². The van der Waals surface area contributed by atoms with Gasteiger partial charge in [0.1, 0.15) is 12.7 Å². The molecule has 2 aromatic rings. The topological polar surface area (TPSA) is 65.0 Å². The fraction of sp³-hybridized carbons (Fsp3) is 0.316. The Labute approximate surface area is 140 Å². The maximum absolute atomic E-state index is 12.1. The zero-order valence-corrected chi connectivity index (χ0v) is 13.4. The van der Waals surface area contributed by atoms with Gasteiger partial charge in [0.25, 0.3) is 0 Å². The van der Waals surface area contributed by atoms with Gasteiger partial charge in [0.05, 0.1) is 11.7 Å². The highest BCUT2D eigenvalue weighted by Crippen LogP contribution is 2.22. The molecule has 1 aliphatic rings. The van der Waals surface area contributed by atoms with Crippen LogP contribution in [-0.4, -0.2) is 43.3 Å². The average molecular weight is 328 g/mol. The van der Waals surface area contributed by atoms with Crippen molar-refractivity contribution in [2.24, 2.45) is 0 Å². The quantitative estimate of drug-likeness (QED) is 0.855. The minimum atomic E-state index is -0.691. The number of hydrogen-bond donors (Lipinski definition) is 1. The van der Waals surface area contributed by atoms with Crippen LogP contribution < -0.4 is 0 Å². The van der Waals surface area contributed by atoms with Crippen molar-refractivity contribution in [1.29, 1.82) is 0 Å². The average Bonchev–Trinajstić information content (AvgIpc) is 3.00. The third kappa shape index (κ3) is 3.82. The molecule has 0 spiro atoms. The molecule has 0 radical (unpaired) electrons. The molecule has 2 aromatic carbocycles. The molecule has 5 nitrogen and oxygen atoms in total. The summed E-state index contributed by atoms with van der Waals surface area (Å²) in [6.07, 6.45) is -1.32. The summed E-state index contributed by atoms with van der Waals surface area (Å²) in [5.74, 6) is -0.439. The van der Waals surface area contributed by atoms with Crippen LogP contribution in [0.15, 0.2) is 54.6 Å². The third-order valence-electron chi connectivity index (χ3n) is 4.06. The lowest BCUT2D eigenvalue weighted by Crippen LogP contribution is -2.28. The van der Waals surface area contributed by atoms with Crippen LogP contribution in [0.5, 0.6) is 0 Å². The summed E-state index contributed by atoms with van der Waals surface area (Å²) in [5, 5.41) is 9.84. The molecule has 3 atom stereocenters. The predicted octanol–water partition coefficient (Wildman–Crippen LogP) is 2.63. The van der Waals surface area contributed by atoms with E-state index in [0.717, 1.165) is 11.1 Å². The smallest absolute Gasteiger partial charge is 0.338 e. The Bertz CT molecular complexity index is 668. The molecule has 24 heavy (non-hydrogen) atoms. The van der Waals surface area contributed by atoms with E-state index in [0.29, 0.717) is 12.0 Å². The van der Waals surface area contributed by atoms with E-state index in [-0.39, 0.29) is 6.61 Å². The lowest BCUT2D eigenvalue weighted by molar-refractivity contribution is -0.128. The van der Waals surface area contributed by atoms with Crippen molar-refractivity contribution >= 4 is 5.97 Å². The number of methoxy groups -OCH3 is 1. The molecular weight excluding hydrogens is 308 g/mol. The van der Waals surface area contributed by atoms with Crippen LogP contribution in [0.25, 0.3) is 11.1 Å². The van der Waals surface area contributed by atoms with E-state index in [2.05, 4.69) is 0 Å². The Morgan fingerprint density at radius 1 is 1.12 bits per heavy atom. The largest absolute Gasteiger partial charge is 0.459 e. The van der Waals surface area contributed by atoms with Crippen molar-refractivity contribution in [3.63, 3.8) is 0 Å². The molecule has 0 saturated carbocycles. The van der Waals surface area contributed by atoms with Crippen LogP contribution >= 0.6 is 0 Å². The molecule has 5 heteroatoms. The molecule has 0 bridgehead atoms. The van der Waals surface area contributed by atoms with Gasteiger partial charge in [-0.15, -0.1) is 0 Å². The molecule has 1 heterocycles. The number of aliphatic hydroxyl groups is 1. The van der Waals surface area contributed by atoms with Crippen LogP contribution in [0.4, 0.5) is 0 Å². The fourth-order valence-corrected chi connectivity index (χ4v) is 2.66. The number of hydrogen-bond acceptors (Lipinski definition) is 5. The van der Waals surface area contributed by atoms with E-state index in [4.69, 9.17) is 14.2 Å². The second-order valence-corrected chi connectivity index (χ2v) is 5.68. The van der Waals surface area contributed by atoms with Gasteiger partial charge in [0.15, 0.2) is 6.29 Å². The van der Waals surface area contributed by atoms with E-state index in [1.54, 1.807) is 12.1 Å². The molecule has 3 rings (SSSR count). The van der Waals surface area contributed by atoms with Crippen molar-refractivity contribution in [1.82, 2.24) is 0 Å². The third-order valence-corrected chi connectivity index (χ3v) is 4.06. The molecule has 1 N–H and O–H groups in total. The molecular formula is C19H20O5. The van der Waals surface area contributed by atoms with Gasteiger partial charge < -0.3 is 19.3 Å². The van der Waals surface area contributed by atoms with Crippen molar-refractivity contribution in [2.75, 3.05) is 13.7 Å². The van der Waals surface area contributed by atoms with E-state index in [9.17, 15) is 9.90 Å². The number of ether oxygens (including phenoxy) is 3. The van der Waals surface area contributed by atoms with Gasteiger partial charge in [-0.2, -0.15) is 0 Å². The first-order chi connectivity index (χ1) is 11.7. The summed E-state index contributed by atoms with van der Waals surface area (Å²) in [5.41, 5.74) is 2.58. The molecule has 126 valence electrons. The van der Waals surface area contributed by atoms with Crippen LogP contribution in [0.1, 0.15) is 16.8 Å². The zero-order valence-electron chi connectivity index (χ0n) is 13.4. The Hall–Kier alpha value is -2.21.